The largest absolute Gasteiger partial charge is 0.387 e. The number of rotatable bonds is 3. The summed E-state index contributed by atoms with van der Waals surface area (Å²) in [7, 11) is 0. The van der Waals surface area contributed by atoms with Crippen LogP contribution in [0.25, 0.3) is 0 Å². The molecule has 2 rings (SSSR count). The molecule has 0 spiro atoms. The monoisotopic (exact) mass is 216 g/mol. The molecule has 0 bridgehead atoms. The van der Waals surface area contributed by atoms with E-state index in [0.29, 0.717) is 0 Å². The van der Waals surface area contributed by atoms with E-state index in [2.05, 4.69) is 17.1 Å². The Hall–Kier alpha value is -1.61. The summed E-state index contributed by atoms with van der Waals surface area (Å²) in [6.07, 6.45) is 1.26. The van der Waals surface area contributed by atoms with Crippen LogP contribution in [0.1, 0.15) is 30.1 Å². The Balaban J connectivity index is 2.31. The zero-order valence-electron chi connectivity index (χ0n) is 9.59. The Bertz CT molecular complexity index is 460. The van der Waals surface area contributed by atoms with E-state index in [1.165, 1.54) is 5.56 Å². The molecule has 0 radical (unpaired) electrons. The van der Waals surface area contributed by atoms with Crippen molar-refractivity contribution < 1.29 is 5.11 Å². The molecule has 0 saturated carbocycles. The quantitative estimate of drug-likeness (QED) is 0.854. The van der Waals surface area contributed by atoms with Crippen LogP contribution in [-0.2, 0) is 6.54 Å². The van der Waals surface area contributed by atoms with Crippen molar-refractivity contribution >= 4 is 0 Å². The topological polar surface area (TPSA) is 38.1 Å². The minimum absolute atomic E-state index is 0.482. The van der Waals surface area contributed by atoms with Crippen molar-refractivity contribution in [2.75, 3.05) is 0 Å². The van der Waals surface area contributed by atoms with E-state index in [1.54, 1.807) is 13.1 Å². The van der Waals surface area contributed by atoms with Crippen LogP contribution in [0.15, 0.2) is 36.5 Å². The molecule has 0 aliphatic carbocycles. The number of nitrogens with zero attached hydrogens (tertiary/aromatic N) is 2. The van der Waals surface area contributed by atoms with E-state index in [-0.39, 0.29) is 0 Å². The summed E-state index contributed by atoms with van der Waals surface area (Å²) in [5.41, 5.74) is 2.08. The lowest BCUT2D eigenvalue weighted by atomic mass is 10.2. The van der Waals surface area contributed by atoms with Gasteiger partial charge in [-0.05, 0) is 19.4 Å². The molecule has 2 aromatic rings. The van der Waals surface area contributed by atoms with Crippen molar-refractivity contribution in [1.29, 1.82) is 0 Å². The fourth-order valence-electron chi connectivity index (χ4n) is 1.79. The van der Waals surface area contributed by atoms with Crippen molar-refractivity contribution in [1.82, 2.24) is 9.55 Å². The van der Waals surface area contributed by atoms with Crippen LogP contribution in [0.5, 0.6) is 0 Å². The van der Waals surface area contributed by atoms with Crippen LogP contribution >= 0.6 is 0 Å². The molecular weight excluding hydrogens is 200 g/mol. The van der Waals surface area contributed by atoms with Crippen molar-refractivity contribution in [3.05, 3.63) is 53.6 Å². The highest BCUT2D eigenvalue weighted by Gasteiger charge is 2.11. The summed E-state index contributed by atoms with van der Waals surface area (Å²) < 4.78 is 2.04. The normalized spacial score (nSPS) is 12.7. The van der Waals surface area contributed by atoms with Crippen molar-refractivity contribution in [3.63, 3.8) is 0 Å². The number of imidazole rings is 1. The summed E-state index contributed by atoms with van der Waals surface area (Å²) in [5, 5.41) is 9.64. The molecule has 1 N–H and O–H groups in total. The van der Waals surface area contributed by atoms with Gasteiger partial charge in [0, 0.05) is 6.54 Å². The van der Waals surface area contributed by atoms with Gasteiger partial charge in [0.05, 0.1) is 18.0 Å². The SMILES string of the molecule is Cc1ncc(C(C)O)n1Cc1ccccc1. The van der Waals surface area contributed by atoms with Gasteiger partial charge in [-0.2, -0.15) is 0 Å². The summed E-state index contributed by atoms with van der Waals surface area (Å²) in [6, 6.07) is 10.2. The molecule has 3 nitrogen and oxygen atoms in total. The van der Waals surface area contributed by atoms with Crippen molar-refractivity contribution in [3.8, 4) is 0 Å². The van der Waals surface area contributed by atoms with Crippen LogP contribution in [0.4, 0.5) is 0 Å². The van der Waals surface area contributed by atoms with Crippen LogP contribution < -0.4 is 0 Å². The van der Waals surface area contributed by atoms with Crippen LogP contribution in [0.2, 0.25) is 0 Å². The first-order chi connectivity index (χ1) is 7.68. The van der Waals surface area contributed by atoms with Gasteiger partial charge in [0.1, 0.15) is 5.82 Å². The minimum Gasteiger partial charge on any atom is -0.387 e. The number of aryl methyl sites for hydroxylation is 1. The van der Waals surface area contributed by atoms with E-state index in [4.69, 9.17) is 0 Å². The van der Waals surface area contributed by atoms with Gasteiger partial charge in [-0.1, -0.05) is 30.3 Å². The number of aliphatic hydroxyl groups is 1. The number of hydrogen-bond acceptors (Lipinski definition) is 2. The van der Waals surface area contributed by atoms with Crippen LogP contribution in [0.3, 0.4) is 0 Å². The molecule has 1 heterocycles. The number of benzene rings is 1. The maximum absolute atomic E-state index is 9.64. The Kier molecular flexibility index (Phi) is 3.06. The molecule has 3 heteroatoms. The molecule has 1 unspecified atom stereocenters. The smallest absolute Gasteiger partial charge is 0.106 e. The van der Waals surface area contributed by atoms with Gasteiger partial charge in [0.2, 0.25) is 0 Å². The Morgan fingerprint density at radius 2 is 2.00 bits per heavy atom. The zero-order valence-corrected chi connectivity index (χ0v) is 9.59. The Labute approximate surface area is 95.4 Å². The molecular formula is C13H16N2O. The third kappa shape index (κ3) is 2.14. The lowest BCUT2D eigenvalue weighted by Gasteiger charge is -2.12. The maximum Gasteiger partial charge on any atom is 0.106 e. The molecule has 0 amide bonds. The molecule has 0 saturated heterocycles. The predicted molar refractivity (Wildman–Crippen MR) is 63.1 cm³/mol. The first-order valence-electron chi connectivity index (χ1n) is 5.42. The van der Waals surface area contributed by atoms with E-state index in [0.717, 1.165) is 18.1 Å². The van der Waals surface area contributed by atoms with Gasteiger partial charge in [-0.15, -0.1) is 0 Å². The zero-order chi connectivity index (χ0) is 11.5. The van der Waals surface area contributed by atoms with E-state index < -0.39 is 6.10 Å². The second-order valence-electron chi connectivity index (χ2n) is 3.98. The second-order valence-corrected chi connectivity index (χ2v) is 3.98. The molecule has 0 aliphatic heterocycles. The van der Waals surface area contributed by atoms with E-state index >= 15 is 0 Å². The van der Waals surface area contributed by atoms with Gasteiger partial charge < -0.3 is 9.67 Å². The maximum atomic E-state index is 9.64. The fourth-order valence-corrected chi connectivity index (χ4v) is 1.79. The lowest BCUT2D eigenvalue weighted by molar-refractivity contribution is 0.189. The summed E-state index contributed by atoms with van der Waals surface area (Å²) in [4.78, 5) is 4.24. The highest BCUT2D eigenvalue weighted by molar-refractivity contribution is 5.18. The van der Waals surface area contributed by atoms with Gasteiger partial charge >= 0.3 is 0 Å². The predicted octanol–water partition coefficient (Wildman–Crippen LogP) is 2.29. The van der Waals surface area contributed by atoms with E-state index in [9.17, 15) is 5.11 Å². The average molecular weight is 216 g/mol. The number of aliphatic hydroxyl groups excluding tert-OH is 1. The summed E-state index contributed by atoms with van der Waals surface area (Å²) >= 11 is 0. The third-order valence-corrected chi connectivity index (χ3v) is 2.70. The highest BCUT2D eigenvalue weighted by Crippen LogP contribution is 2.15. The Morgan fingerprint density at radius 3 is 2.62 bits per heavy atom. The van der Waals surface area contributed by atoms with Crippen LogP contribution in [-0.4, -0.2) is 14.7 Å². The summed E-state index contributed by atoms with van der Waals surface area (Å²) in [5.74, 6) is 0.930. The highest BCUT2D eigenvalue weighted by atomic mass is 16.3. The molecule has 1 aromatic heterocycles. The fraction of sp³-hybridized carbons (Fsp3) is 0.308. The Morgan fingerprint density at radius 1 is 1.31 bits per heavy atom. The second kappa shape index (κ2) is 4.49. The van der Waals surface area contributed by atoms with Gasteiger partial charge in [0.15, 0.2) is 0 Å². The van der Waals surface area contributed by atoms with Gasteiger partial charge in [-0.3, -0.25) is 0 Å². The van der Waals surface area contributed by atoms with Gasteiger partial charge in [-0.25, -0.2) is 4.98 Å². The first kappa shape index (κ1) is 10.9. The molecule has 1 atom stereocenters. The number of aromatic nitrogens is 2. The molecule has 84 valence electrons. The average Bonchev–Trinajstić information content (AvgIpc) is 2.62. The third-order valence-electron chi connectivity index (χ3n) is 2.70. The van der Waals surface area contributed by atoms with Crippen LogP contribution in [0, 0.1) is 6.92 Å². The van der Waals surface area contributed by atoms with E-state index in [1.807, 2.05) is 29.7 Å². The molecule has 0 aliphatic rings. The summed E-state index contributed by atoms with van der Waals surface area (Å²) in [6.45, 7) is 4.47. The first-order valence-corrected chi connectivity index (χ1v) is 5.42. The van der Waals surface area contributed by atoms with Gasteiger partial charge in [0.25, 0.3) is 0 Å². The minimum atomic E-state index is -0.482. The number of hydrogen-bond donors (Lipinski definition) is 1. The molecule has 0 fully saturated rings. The van der Waals surface area contributed by atoms with Crippen molar-refractivity contribution in [2.24, 2.45) is 0 Å². The standard InChI is InChI=1S/C13H16N2O/c1-10(16)13-8-14-11(2)15(13)9-12-6-4-3-5-7-12/h3-8,10,16H,9H2,1-2H3. The molecule has 1 aromatic carbocycles. The molecule has 16 heavy (non-hydrogen) atoms. The van der Waals surface area contributed by atoms with Crippen molar-refractivity contribution in [2.45, 2.75) is 26.5 Å². The lowest BCUT2D eigenvalue weighted by Crippen LogP contribution is -2.08.